The Kier molecular flexibility index (Phi) is 3.27. The lowest BCUT2D eigenvalue weighted by molar-refractivity contribution is 0.264. The Morgan fingerprint density at radius 2 is 1.88 bits per heavy atom. The van der Waals surface area contributed by atoms with E-state index in [1.165, 1.54) is 0 Å². The molecule has 0 unspecified atom stereocenters. The first kappa shape index (κ1) is 10.8. The van der Waals surface area contributed by atoms with Gasteiger partial charge < -0.3 is 14.9 Å². The van der Waals surface area contributed by atoms with Gasteiger partial charge in [-0.2, -0.15) is 0 Å². The van der Waals surface area contributed by atoms with Gasteiger partial charge in [0, 0.05) is 0 Å². The third kappa shape index (κ3) is 2.44. The molecular formula is C13H15NO2. The van der Waals surface area contributed by atoms with Gasteiger partial charge in [0.25, 0.3) is 0 Å². The van der Waals surface area contributed by atoms with E-state index < -0.39 is 0 Å². The highest BCUT2D eigenvalue weighted by molar-refractivity contribution is 5.31. The molecule has 1 aromatic carbocycles. The predicted octanol–water partition coefficient (Wildman–Crippen LogP) is 2.63. The van der Waals surface area contributed by atoms with Crippen molar-refractivity contribution >= 4 is 0 Å². The quantitative estimate of drug-likeness (QED) is 0.856. The summed E-state index contributed by atoms with van der Waals surface area (Å²) in [5.74, 6) is 2.46. The van der Waals surface area contributed by atoms with Crippen LogP contribution in [0.2, 0.25) is 0 Å². The van der Waals surface area contributed by atoms with Gasteiger partial charge >= 0.3 is 0 Å². The molecule has 0 atom stereocenters. The molecule has 2 aromatic rings. The highest BCUT2D eigenvalue weighted by Crippen LogP contribution is 2.18. The molecule has 1 heterocycles. The molecule has 0 saturated heterocycles. The Labute approximate surface area is 94.8 Å². The molecule has 84 valence electrons. The number of para-hydroxylation sites is 1. The molecule has 2 N–H and O–H groups in total. The number of rotatable bonds is 4. The second-order valence-corrected chi connectivity index (χ2v) is 3.63. The topological polar surface area (TPSA) is 48.4 Å². The molecule has 0 saturated carbocycles. The number of hydrogen-bond acceptors (Lipinski definition) is 3. The van der Waals surface area contributed by atoms with Crippen LogP contribution in [0.4, 0.5) is 0 Å². The zero-order valence-electron chi connectivity index (χ0n) is 9.27. The maximum atomic E-state index is 5.65. The summed E-state index contributed by atoms with van der Waals surface area (Å²) in [6.07, 6.45) is 0. The highest BCUT2D eigenvalue weighted by Gasteiger charge is 2.02. The minimum absolute atomic E-state index is 0.421. The first-order chi connectivity index (χ1) is 7.79. The smallest absolute Gasteiger partial charge is 0.146 e. The molecule has 0 aliphatic carbocycles. The minimum Gasteiger partial charge on any atom is -0.485 e. The number of hydrogen-bond donors (Lipinski definition) is 1. The van der Waals surface area contributed by atoms with Crippen LogP contribution in [0, 0.1) is 6.92 Å². The van der Waals surface area contributed by atoms with Crippen molar-refractivity contribution in [3.05, 3.63) is 53.5 Å². The lowest BCUT2D eigenvalue weighted by atomic mass is 10.2. The third-order valence-electron chi connectivity index (χ3n) is 2.38. The number of benzene rings is 1. The number of furan rings is 1. The van der Waals surface area contributed by atoms with Crippen LogP contribution in [0.25, 0.3) is 0 Å². The van der Waals surface area contributed by atoms with Crippen molar-refractivity contribution in [3.63, 3.8) is 0 Å². The molecule has 16 heavy (non-hydrogen) atoms. The molecule has 0 aliphatic rings. The second-order valence-electron chi connectivity index (χ2n) is 3.63. The van der Waals surface area contributed by atoms with Gasteiger partial charge in [0.2, 0.25) is 0 Å². The van der Waals surface area contributed by atoms with Crippen molar-refractivity contribution in [2.75, 3.05) is 0 Å². The van der Waals surface area contributed by atoms with E-state index in [1.54, 1.807) is 0 Å². The van der Waals surface area contributed by atoms with E-state index in [2.05, 4.69) is 0 Å². The number of ether oxygens (including phenoxy) is 1. The molecular weight excluding hydrogens is 202 g/mol. The van der Waals surface area contributed by atoms with Crippen LogP contribution < -0.4 is 10.5 Å². The van der Waals surface area contributed by atoms with Gasteiger partial charge in [0.1, 0.15) is 23.9 Å². The van der Waals surface area contributed by atoms with Gasteiger partial charge in [-0.15, -0.1) is 0 Å². The van der Waals surface area contributed by atoms with Gasteiger partial charge in [-0.1, -0.05) is 18.2 Å². The van der Waals surface area contributed by atoms with Crippen LogP contribution in [0.1, 0.15) is 17.1 Å². The fourth-order valence-electron chi connectivity index (χ4n) is 1.48. The fraction of sp³-hybridized carbons (Fsp3) is 0.231. The van der Waals surface area contributed by atoms with Crippen LogP contribution >= 0.6 is 0 Å². The Morgan fingerprint density at radius 3 is 2.56 bits per heavy atom. The molecule has 0 radical (unpaired) electrons. The summed E-state index contributed by atoms with van der Waals surface area (Å²) >= 11 is 0. The molecule has 1 aromatic heterocycles. The second kappa shape index (κ2) is 4.86. The van der Waals surface area contributed by atoms with Crippen LogP contribution in [0.5, 0.6) is 5.75 Å². The van der Waals surface area contributed by atoms with Gasteiger partial charge in [0.15, 0.2) is 0 Å². The Morgan fingerprint density at radius 1 is 1.12 bits per heavy atom. The van der Waals surface area contributed by atoms with Crippen molar-refractivity contribution in [2.45, 2.75) is 20.1 Å². The molecule has 0 bridgehead atoms. The van der Waals surface area contributed by atoms with Crippen molar-refractivity contribution in [3.8, 4) is 5.75 Å². The molecule has 0 fully saturated rings. The standard InChI is InChI=1S/C13H15NO2/c1-10-4-2-3-5-13(10)15-9-12-7-6-11(8-14)16-12/h2-7H,8-9,14H2,1H3. The molecule has 3 nitrogen and oxygen atoms in total. The van der Waals surface area contributed by atoms with Gasteiger partial charge in [-0.25, -0.2) is 0 Å². The van der Waals surface area contributed by atoms with Gasteiger partial charge in [0.05, 0.1) is 6.54 Å². The predicted molar refractivity (Wildman–Crippen MR) is 62.1 cm³/mol. The van der Waals surface area contributed by atoms with Crippen LogP contribution in [-0.4, -0.2) is 0 Å². The summed E-state index contributed by atoms with van der Waals surface area (Å²) in [6.45, 7) is 2.87. The molecule has 0 spiro atoms. The third-order valence-corrected chi connectivity index (χ3v) is 2.38. The molecule has 0 amide bonds. The number of aryl methyl sites for hydroxylation is 1. The Balaban J connectivity index is 1.99. The average molecular weight is 217 g/mol. The van der Waals surface area contributed by atoms with E-state index in [-0.39, 0.29) is 0 Å². The lowest BCUT2D eigenvalue weighted by Gasteiger charge is -2.06. The normalized spacial score (nSPS) is 10.4. The van der Waals surface area contributed by atoms with Gasteiger partial charge in [-0.3, -0.25) is 0 Å². The first-order valence-corrected chi connectivity index (χ1v) is 5.25. The summed E-state index contributed by atoms with van der Waals surface area (Å²) in [5, 5.41) is 0. The molecule has 0 aliphatic heterocycles. The van der Waals surface area contributed by atoms with E-state index in [0.717, 1.165) is 22.8 Å². The van der Waals surface area contributed by atoms with Gasteiger partial charge in [-0.05, 0) is 30.7 Å². The summed E-state index contributed by atoms with van der Waals surface area (Å²) in [7, 11) is 0. The van der Waals surface area contributed by atoms with E-state index in [4.69, 9.17) is 14.9 Å². The summed E-state index contributed by atoms with van der Waals surface area (Å²) in [6, 6.07) is 11.7. The van der Waals surface area contributed by atoms with E-state index in [1.807, 2.05) is 43.3 Å². The minimum atomic E-state index is 0.421. The van der Waals surface area contributed by atoms with Crippen molar-refractivity contribution in [1.29, 1.82) is 0 Å². The maximum Gasteiger partial charge on any atom is 0.146 e. The highest BCUT2D eigenvalue weighted by atomic mass is 16.5. The fourth-order valence-corrected chi connectivity index (χ4v) is 1.48. The van der Waals surface area contributed by atoms with Crippen molar-refractivity contribution in [2.24, 2.45) is 5.73 Å². The van der Waals surface area contributed by atoms with E-state index in [0.29, 0.717) is 13.2 Å². The number of nitrogens with two attached hydrogens (primary N) is 1. The SMILES string of the molecule is Cc1ccccc1OCc1ccc(CN)o1. The van der Waals surface area contributed by atoms with Crippen LogP contribution in [0.3, 0.4) is 0 Å². The largest absolute Gasteiger partial charge is 0.485 e. The summed E-state index contributed by atoms with van der Waals surface area (Å²) < 4.78 is 11.1. The van der Waals surface area contributed by atoms with Crippen molar-refractivity contribution < 1.29 is 9.15 Å². The zero-order chi connectivity index (χ0) is 11.4. The van der Waals surface area contributed by atoms with E-state index in [9.17, 15) is 0 Å². The first-order valence-electron chi connectivity index (χ1n) is 5.25. The van der Waals surface area contributed by atoms with Crippen LogP contribution in [-0.2, 0) is 13.2 Å². The summed E-state index contributed by atoms with van der Waals surface area (Å²) in [5.41, 5.74) is 6.58. The van der Waals surface area contributed by atoms with E-state index >= 15 is 0 Å². The Hall–Kier alpha value is -1.74. The molecule has 3 heteroatoms. The van der Waals surface area contributed by atoms with Crippen LogP contribution in [0.15, 0.2) is 40.8 Å². The maximum absolute atomic E-state index is 5.65. The monoisotopic (exact) mass is 217 g/mol. The summed E-state index contributed by atoms with van der Waals surface area (Å²) in [4.78, 5) is 0. The van der Waals surface area contributed by atoms with Crippen molar-refractivity contribution in [1.82, 2.24) is 0 Å². The lowest BCUT2D eigenvalue weighted by Crippen LogP contribution is -1.96. The zero-order valence-corrected chi connectivity index (χ0v) is 9.27. The average Bonchev–Trinajstić information content (AvgIpc) is 2.76. The Bertz CT molecular complexity index is 462. The molecule has 2 rings (SSSR count).